The number of fused-ring (bicyclic) bond motifs is 1. The molecule has 4 rings (SSSR count). The maximum Gasteiger partial charge on any atom is 0.227 e. The summed E-state index contributed by atoms with van der Waals surface area (Å²) in [6.45, 7) is 11.2. The monoisotopic (exact) mass is 413 g/mol. The topological polar surface area (TPSA) is 64.8 Å². The fraction of sp³-hybridized carbons (Fsp3) is 0.652. The number of likely N-dealkylation sites (tertiary alicyclic amines) is 1. The molecule has 1 amide bonds. The summed E-state index contributed by atoms with van der Waals surface area (Å²) < 4.78 is 2.33. The number of para-hydroxylation sites is 2. The van der Waals surface area contributed by atoms with Crippen LogP contribution in [0.1, 0.15) is 38.6 Å². The van der Waals surface area contributed by atoms with E-state index in [-0.39, 0.29) is 12.5 Å². The molecule has 7 nitrogen and oxygen atoms in total. The highest BCUT2D eigenvalue weighted by Gasteiger charge is 2.31. The molecule has 2 aliphatic heterocycles. The molecule has 2 aliphatic rings. The lowest BCUT2D eigenvalue weighted by molar-refractivity contribution is -0.139. The Bertz CT molecular complexity index is 856. The normalized spacial score (nSPS) is 21.6. The zero-order chi connectivity index (χ0) is 21.1. The van der Waals surface area contributed by atoms with E-state index in [2.05, 4.69) is 46.4 Å². The summed E-state index contributed by atoms with van der Waals surface area (Å²) >= 11 is 0. The van der Waals surface area contributed by atoms with Crippen molar-refractivity contribution >= 4 is 16.9 Å². The maximum absolute atomic E-state index is 13.1. The Hall–Kier alpha value is -1.96. The molecular formula is C23H35N5O2. The van der Waals surface area contributed by atoms with Gasteiger partial charge in [0.1, 0.15) is 5.82 Å². The van der Waals surface area contributed by atoms with E-state index in [1.807, 2.05) is 11.0 Å². The lowest BCUT2D eigenvalue weighted by Crippen LogP contribution is -2.52. The van der Waals surface area contributed by atoms with Gasteiger partial charge in [-0.15, -0.1) is 0 Å². The molecule has 1 atom stereocenters. The molecule has 2 aromatic rings. The molecule has 164 valence electrons. The quantitative estimate of drug-likeness (QED) is 0.784. The number of aliphatic hydroxyl groups is 1. The van der Waals surface area contributed by atoms with Crippen molar-refractivity contribution < 1.29 is 9.90 Å². The molecule has 0 unspecified atom stereocenters. The second-order valence-corrected chi connectivity index (χ2v) is 8.95. The van der Waals surface area contributed by atoms with E-state index in [4.69, 9.17) is 10.1 Å². The van der Waals surface area contributed by atoms with Crippen LogP contribution in [-0.4, -0.2) is 87.7 Å². The molecule has 3 heterocycles. The minimum Gasteiger partial charge on any atom is -0.395 e. The van der Waals surface area contributed by atoms with Gasteiger partial charge in [-0.2, -0.15) is 0 Å². The fourth-order valence-corrected chi connectivity index (χ4v) is 4.97. The number of nitrogens with zero attached hydrogens (tertiary/aromatic N) is 5. The van der Waals surface area contributed by atoms with E-state index in [1.165, 1.54) is 5.52 Å². The second kappa shape index (κ2) is 9.45. The van der Waals surface area contributed by atoms with Gasteiger partial charge in [0.25, 0.3) is 0 Å². The van der Waals surface area contributed by atoms with Crippen LogP contribution in [0.5, 0.6) is 0 Å². The summed E-state index contributed by atoms with van der Waals surface area (Å²) in [5.41, 5.74) is 2.24. The van der Waals surface area contributed by atoms with Gasteiger partial charge in [0.15, 0.2) is 0 Å². The number of hydrogen-bond acceptors (Lipinski definition) is 5. The molecule has 7 heteroatoms. The smallest absolute Gasteiger partial charge is 0.227 e. The van der Waals surface area contributed by atoms with Crippen molar-refractivity contribution in [2.75, 3.05) is 52.4 Å². The third-order valence-electron chi connectivity index (χ3n) is 6.51. The number of piperazine rings is 1. The van der Waals surface area contributed by atoms with Gasteiger partial charge in [0.2, 0.25) is 5.91 Å². The number of rotatable bonds is 6. The second-order valence-electron chi connectivity index (χ2n) is 8.95. The van der Waals surface area contributed by atoms with Crippen molar-refractivity contribution in [1.29, 1.82) is 0 Å². The molecule has 0 bridgehead atoms. The van der Waals surface area contributed by atoms with Gasteiger partial charge in [-0.1, -0.05) is 12.1 Å². The molecule has 0 aliphatic carbocycles. The summed E-state index contributed by atoms with van der Waals surface area (Å²) in [4.78, 5) is 24.7. The average Bonchev–Trinajstić information content (AvgIpc) is 3.12. The first-order valence-electron chi connectivity index (χ1n) is 11.4. The SMILES string of the molecule is CC(C)n1c(CN2CCC[C@@H](C(=O)N3CCN(CCO)CC3)C2)nc2ccccc21. The van der Waals surface area contributed by atoms with Gasteiger partial charge in [0, 0.05) is 45.3 Å². The first-order chi connectivity index (χ1) is 14.6. The van der Waals surface area contributed by atoms with Crippen LogP contribution < -0.4 is 0 Å². The number of aromatic nitrogens is 2. The molecule has 1 N–H and O–H groups in total. The van der Waals surface area contributed by atoms with Crippen LogP contribution in [-0.2, 0) is 11.3 Å². The predicted molar refractivity (Wildman–Crippen MR) is 118 cm³/mol. The van der Waals surface area contributed by atoms with E-state index in [1.54, 1.807) is 0 Å². The largest absolute Gasteiger partial charge is 0.395 e. The van der Waals surface area contributed by atoms with Crippen molar-refractivity contribution in [2.45, 2.75) is 39.3 Å². The van der Waals surface area contributed by atoms with Gasteiger partial charge in [-0.05, 0) is 45.4 Å². The van der Waals surface area contributed by atoms with Gasteiger partial charge < -0.3 is 14.6 Å². The Balaban J connectivity index is 1.41. The average molecular weight is 414 g/mol. The third kappa shape index (κ3) is 4.53. The Morgan fingerprint density at radius 2 is 1.90 bits per heavy atom. The van der Waals surface area contributed by atoms with Crippen molar-refractivity contribution in [3.05, 3.63) is 30.1 Å². The lowest BCUT2D eigenvalue weighted by Gasteiger charge is -2.38. The zero-order valence-corrected chi connectivity index (χ0v) is 18.3. The summed E-state index contributed by atoms with van der Waals surface area (Å²) in [7, 11) is 0. The third-order valence-corrected chi connectivity index (χ3v) is 6.51. The summed E-state index contributed by atoms with van der Waals surface area (Å²) in [6.07, 6.45) is 2.04. The van der Waals surface area contributed by atoms with Crippen molar-refractivity contribution in [1.82, 2.24) is 24.3 Å². The van der Waals surface area contributed by atoms with Crippen LogP contribution in [0.15, 0.2) is 24.3 Å². The standard InChI is InChI=1S/C23H35N5O2/c1-18(2)28-21-8-4-3-7-20(21)24-22(28)17-26-9-5-6-19(16-26)23(30)27-12-10-25(11-13-27)14-15-29/h3-4,7-8,18-19,29H,5-6,9-17H2,1-2H3/t19-/m1/s1. The molecule has 1 aromatic carbocycles. The number of β-amino-alcohol motifs (C(OH)–C–C–N with tert-alkyl or cyclic N) is 1. The minimum atomic E-state index is 0.0834. The molecule has 1 aromatic heterocycles. The number of benzene rings is 1. The zero-order valence-electron chi connectivity index (χ0n) is 18.3. The number of aliphatic hydroxyl groups excluding tert-OH is 1. The van der Waals surface area contributed by atoms with Crippen LogP contribution in [0.4, 0.5) is 0 Å². The van der Waals surface area contributed by atoms with Crippen LogP contribution in [0.2, 0.25) is 0 Å². The van der Waals surface area contributed by atoms with Crippen LogP contribution in [0.3, 0.4) is 0 Å². The van der Waals surface area contributed by atoms with Gasteiger partial charge >= 0.3 is 0 Å². The van der Waals surface area contributed by atoms with Crippen LogP contribution in [0, 0.1) is 5.92 Å². The highest BCUT2D eigenvalue weighted by molar-refractivity contribution is 5.79. The summed E-state index contributed by atoms with van der Waals surface area (Å²) in [5, 5.41) is 9.11. The Kier molecular flexibility index (Phi) is 6.71. The van der Waals surface area contributed by atoms with Gasteiger partial charge in [-0.3, -0.25) is 14.6 Å². The predicted octanol–water partition coefficient (Wildman–Crippen LogP) is 1.97. The van der Waals surface area contributed by atoms with E-state index in [0.29, 0.717) is 18.5 Å². The molecule has 0 spiro atoms. The minimum absolute atomic E-state index is 0.0834. The first-order valence-corrected chi connectivity index (χ1v) is 11.4. The van der Waals surface area contributed by atoms with E-state index >= 15 is 0 Å². The van der Waals surface area contributed by atoms with Crippen molar-refractivity contribution in [3.8, 4) is 0 Å². The molecule has 0 radical (unpaired) electrons. The molecule has 2 fully saturated rings. The summed E-state index contributed by atoms with van der Waals surface area (Å²) in [5.74, 6) is 1.48. The van der Waals surface area contributed by atoms with Crippen molar-refractivity contribution in [2.24, 2.45) is 5.92 Å². The number of piperidine rings is 1. The van der Waals surface area contributed by atoms with Gasteiger partial charge in [-0.25, -0.2) is 4.98 Å². The number of imidazole rings is 1. The Labute approximate surface area is 179 Å². The highest BCUT2D eigenvalue weighted by atomic mass is 16.3. The molecule has 30 heavy (non-hydrogen) atoms. The fourth-order valence-electron chi connectivity index (χ4n) is 4.97. The van der Waals surface area contributed by atoms with Crippen LogP contribution in [0.25, 0.3) is 11.0 Å². The molecule has 2 saturated heterocycles. The summed E-state index contributed by atoms with van der Waals surface area (Å²) in [6, 6.07) is 8.69. The van der Waals surface area contributed by atoms with E-state index in [0.717, 1.165) is 70.0 Å². The number of carbonyl (C=O) groups excluding carboxylic acids is 1. The first kappa shape index (κ1) is 21.3. The highest BCUT2D eigenvalue weighted by Crippen LogP contribution is 2.25. The number of hydrogen-bond donors (Lipinski definition) is 1. The Morgan fingerprint density at radius 3 is 2.63 bits per heavy atom. The van der Waals surface area contributed by atoms with Crippen LogP contribution >= 0.6 is 0 Å². The number of amides is 1. The van der Waals surface area contributed by atoms with Gasteiger partial charge in [0.05, 0.1) is 30.1 Å². The molecular weight excluding hydrogens is 378 g/mol. The molecule has 0 saturated carbocycles. The maximum atomic E-state index is 13.1. The van der Waals surface area contributed by atoms with E-state index in [9.17, 15) is 4.79 Å². The van der Waals surface area contributed by atoms with E-state index < -0.39 is 0 Å². The lowest BCUT2D eigenvalue weighted by atomic mass is 9.96. The number of carbonyl (C=O) groups is 1. The Morgan fingerprint density at radius 1 is 1.13 bits per heavy atom. The van der Waals surface area contributed by atoms with Crippen molar-refractivity contribution in [3.63, 3.8) is 0 Å².